The van der Waals surface area contributed by atoms with Crippen molar-refractivity contribution >= 4 is 9.76 Å². The van der Waals surface area contributed by atoms with Gasteiger partial charge in [0, 0.05) is 5.04 Å². The van der Waals surface area contributed by atoms with Gasteiger partial charge < -0.3 is 4.80 Å². The van der Waals surface area contributed by atoms with Crippen molar-refractivity contribution in [1.82, 2.24) is 0 Å². The fourth-order valence-corrected chi connectivity index (χ4v) is 2.28. The minimum absolute atomic E-state index is 0.124. The Morgan fingerprint density at radius 1 is 1.46 bits per heavy atom. The summed E-state index contributed by atoms with van der Waals surface area (Å²) in [5.74, 6) is 0. The third-order valence-electron chi connectivity index (χ3n) is 2.65. The van der Waals surface area contributed by atoms with E-state index in [1.165, 1.54) is 5.56 Å². The lowest BCUT2D eigenvalue weighted by Gasteiger charge is -2.26. The molecule has 0 radical (unpaired) electrons. The molecule has 0 fully saturated rings. The summed E-state index contributed by atoms with van der Waals surface area (Å²) in [6.45, 7) is 5.92. The van der Waals surface area contributed by atoms with E-state index in [0.29, 0.717) is 0 Å². The van der Waals surface area contributed by atoms with Crippen LogP contribution in [0.25, 0.3) is 0 Å². The van der Waals surface area contributed by atoms with Crippen LogP contribution >= 0.6 is 0 Å². The van der Waals surface area contributed by atoms with E-state index in [1.54, 1.807) is 0 Å². The molecule has 2 heteroatoms. The molecule has 70 valence electrons. The number of benzene rings is 1. The van der Waals surface area contributed by atoms with Crippen LogP contribution in [-0.4, -0.2) is 14.6 Å². The van der Waals surface area contributed by atoms with Crippen LogP contribution in [-0.2, 0) is 5.04 Å². The van der Waals surface area contributed by atoms with Gasteiger partial charge >= 0.3 is 0 Å². The Balaban J connectivity index is 3.08. The zero-order valence-electron chi connectivity index (χ0n) is 8.03. The first-order valence-corrected chi connectivity index (χ1v) is 5.93. The molecule has 0 amide bonds. The van der Waals surface area contributed by atoms with E-state index in [9.17, 15) is 4.80 Å². The van der Waals surface area contributed by atoms with Crippen LogP contribution in [0.5, 0.6) is 0 Å². The predicted molar refractivity (Wildman–Crippen MR) is 59.4 cm³/mol. The minimum atomic E-state index is -1.10. The molecule has 1 atom stereocenters. The lowest BCUT2D eigenvalue weighted by molar-refractivity contribution is 0.539. The molecule has 1 nitrogen and oxygen atoms in total. The van der Waals surface area contributed by atoms with E-state index >= 15 is 0 Å². The first-order valence-electron chi connectivity index (χ1n) is 4.59. The normalized spacial score (nSPS) is 15.8. The van der Waals surface area contributed by atoms with Crippen LogP contribution in [0.1, 0.15) is 18.9 Å². The predicted octanol–water partition coefficient (Wildman–Crippen LogP) is 1.55. The van der Waals surface area contributed by atoms with Gasteiger partial charge in [-0.15, -0.1) is 6.58 Å². The highest BCUT2D eigenvalue weighted by atomic mass is 28.2. The Morgan fingerprint density at radius 3 is 2.46 bits per heavy atom. The average molecular weight is 192 g/mol. The maximum Gasteiger partial charge on any atom is 0.170 e. The monoisotopic (exact) mass is 192 g/mol. The second-order valence-corrected chi connectivity index (χ2v) is 4.82. The Morgan fingerprint density at radius 2 is 2.08 bits per heavy atom. The van der Waals surface area contributed by atoms with E-state index < -0.39 is 9.76 Å². The van der Waals surface area contributed by atoms with Crippen molar-refractivity contribution in [3.8, 4) is 0 Å². The first-order chi connectivity index (χ1) is 6.29. The van der Waals surface area contributed by atoms with Gasteiger partial charge in [-0.05, 0) is 12.0 Å². The minimum Gasteiger partial charge on any atom is -0.437 e. The van der Waals surface area contributed by atoms with Gasteiger partial charge in [-0.2, -0.15) is 0 Å². The molecule has 0 aliphatic rings. The second kappa shape index (κ2) is 4.39. The van der Waals surface area contributed by atoms with E-state index in [2.05, 4.69) is 25.6 Å². The van der Waals surface area contributed by atoms with Gasteiger partial charge in [-0.1, -0.05) is 43.3 Å². The molecule has 0 aliphatic heterocycles. The summed E-state index contributed by atoms with van der Waals surface area (Å²) in [6.07, 6.45) is 2.83. The zero-order valence-corrected chi connectivity index (χ0v) is 9.45. The van der Waals surface area contributed by atoms with Gasteiger partial charge in [0.15, 0.2) is 9.76 Å². The van der Waals surface area contributed by atoms with Gasteiger partial charge in [0.2, 0.25) is 0 Å². The van der Waals surface area contributed by atoms with Gasteiger partial charge in [-0.25, -0.2) is 0 Å². The first kappa shape index (κ1) is 10.2. The summed E-state index contributed by atoms with van der Waals surface area (Å²) in [6, 6.07) is 10.1. The number of rotatable bonds is 4. The Bertz CT molecular complexity index is 265. The highest BCUT2D eigenvalue weighted by Gasteiger charge is 2.25. The second-order valence-electron chi connectivity index (χ2n) is 3.24. The Hall–Kier alpha value is -0.863. The Labute approximate surface area is 82.1 Å². The van der Waals surface area contributed by atoms with Crippen LogP contribution in [0.3, 0.4) is 0 Å². The summed E-state index contributed by atoms with van der Waals surface area (Å²) < 4.78 is 0. The SMILES string of the molecule is C=CC(CC)([SiH2]O)c1ccccc1. The molecular weight excluding hydrogens is 176 g/mol. The van der Waals surface area contributed by atoms with Crippen molar-refractivity contribution in [3.63, 3.8) is 0 Å². The number of allylic oxidation sites excluding steroid dienone is 1. The van der Waals surface area contributed by atoms with Gasteiger partial charge in [0.05, 0.1) is 0 Å². The molecule has 1 unspecified atom stereocenters. The van der Waals surface area contributed by atoms with Crippen LogP contribution in [0.4, 0.5) is 0 Å². The average Bonchev–Trinajstić information content (AvgIpc) is 2.23. The van der Waals surface area contributed by atoms with E-state index in [1.807, 2.05) is 24.3 Å². The van der Waals surface area contributed by atoms with E-state index in [4.69, 9.17) is 0 Å². The lowest BCUT2D eigenvalue weighted by Crippen LogP contribution is -2.29. The Kier molecular flexibility index (Phi) is 3.45. The molecule has 0 spiro atoms. The van der Waals surface area contributed by atoms with Gasteiger partial charge in [0.25, 0.3) is 0 Å². The third-order valence-corrected chi connectivity index (χ3v) is 4.41. The molecular formula is C11H16OSi. The summed E-state index contributed by atoms with van der Waals surface area (Å²) in [7, 11) is -1.10. The molecule has 0 saturated carbocycles. The summed E-state index contributed by atoms with van der Waals surface area (Å²) in [4.78, 5) is 9.50. The molecule has 1 N–H and O–H groups in total. The fraction of sp³-hybridized carbons (Fsp3) is 0.273. The smallest absolute Gasteiger partial charge is 0.170 e. The summed E-state index contributed by atoms with van der Waals surface area (Å²) in [5.41, 5.74) is 1.20. The van der Waals surface area contributed by atoms with Crippen LogP contribution in [0, 0.1) is 0 Å². The maximum absolute atomic E-state index is 9.50. The molecule has 13 heavy (non-hydrogen) atoms. The van der Waals surface area contributed by atoms with Crippen molar-refractivity contribution in [3.05, 3.63) is 48.6 Å². The van der Waals surface area contributed by atoms with Crippen molar-refractivity contribution in [2.24, 2.45) is 0 Å². The van der Waals surface area contributed by atoms with Crippen LogP contribution < -0.4 is 0 Å². The molecule has 0 bridgehead atoms. The topological polar surface area (TPSA) is 20.2 Å². The molecule has 1 aromatic rings. The van der Waals surface area contributed by atoms with Crippen LogP contribution in [0.15, 0.2) is 43.0 Å². The van der Waals surface area contributed by atoms with E-state index in [0.717, 1.165) is 6.42 Å². The highest BCUT2D eigenvalue weighted by Crippen LogP contribution is 2.26. The van der Waals surface area contributed by atoms with Crippen LogP contribution in [0.2, 0.25) is 0 Å². The maximum atomic E-state index is 9.50. The molecule has 0 heterocycles. The van der Waals surface area contributed by atoms with Gasteiger partial charge in [-0.3, -0.25) is 0 Å². The molecule has 1 aromatic carbocycles. The summed E-state index contributed by atoms with van der Waals surface area (Å²) >= 11 is 0. The highest BCUT2D eigenvalue weighted by molar-refractivity contribution is 6.32. The van der Waals surface area contributed by atoms with Crippen molar-refractivity contribution in [1.29, 1.82) is 0 Å². The fourth-order valence-electron chi connectivity index (χ4n) is 1.50. The molecule has 0 aliphatic carbocycles. The standard InChI is InChI=1S/C11H16OSi/c1-3-11(4-2,13-12)10-8-6-5-7-9-10/h3,5-9,12H,1,4,13H2,2H3. The van der Waals surface area contributed by atoms with Crippen molar-refractivity contribution in [2.75, 3.05) is 0 Å². The van der Waals surface area contributed by atoms with E-state index in [-0.39, 0.29) is 5.04 Å². The largest absolute Gasteiger partial charge is 0.437 e. The van der Waals surface area contributed by atoms with Gasteiger partial charge in [0.1, 0.15) is 0 Å². The number of hydrogen-bond donors (Lipinski definition) is 1. The lowest BCUT2D eigenvalue weighted by atomic mass is 9.95. The molecule has 0 aromatic heterocycles. The quantitative estimate of drug-likeness (QED) is 0.567. The third kappa shape index (κ3) is 1.90. The summed E-state index contributed by atoms with van der Waals surface area (Å²) in [5, 5.41) is -0.124. The zero-order chi connectivity index (χ0) is 9.73. The molecule has 0 saturated heterocycles. The molecule has 1 rings (SSSR count). The van der Waals surface area contributed by atoms with Crippen molar-refractivity contribution in [2.45, 2.75) is 18.4 Å². The van der Waals surface area contributed by atoms with Crippen molar-refractivity contribution < 1.29 is 4.80 Å². The number of hydrogen-bond acceptors (Lipinski definition) is 1.